The molecule has 0 bridgehead atoms. The summed E-state index contributed by atoms with van der Waals surface area (Å²) in [5, 5.41) is 2.80. The number of nitrogens with zero attached hydrogens (tertiary/aromatic N) is 1. The summed E-state index contributed by atoms with van der Waals surface area (Å²) in [6.07, 6.45) is 4.01. The maximum atomic E-state index is 13.6. The molecule has 1 fully saturated rings. The molecule has 10 heteroatoms. The molecular weight excluding hydrogens is 554 g/mol. The standard InChI is InChI=1S/C32H47N3O6S/c1-24(2)21-28(34-42(38,39)35-19-11-6-7-12-20-35)30(36)33-29(31(37)41-32(3,4)5)22-25-15-17-27(18-16-25)40-23-26-13-9-8-10-14-26/h8-10,13-18,24,28-29,34H,6-7,11-12,19-23H2,1-5H3,(H,33,36)/t28-,29-/m0/s1. The first kappa shape index (κ1) is 33.6. The molecular formula is C32H47N3O6S. The molecule has 0 saturated carbocycles. The monoisotopic (exact) mass is 601 g/mol. The Morgan fingerprint density at radius 2 is 1.50 bits per heavy atom. The summed E-state index contributed by atoms with van der Waals surface area (Å²) >= 11 is 0. The van der Waals surface area contributed by atoms with Crippen molar-refractivity contribution >= 4 is 22.1 Å². The third-order valence-electron chi connectivity index (χ3n) is 6.84. The Balaban J connectivity index is 1.74. The van der Waals surface area contributed by atoms with Crippen LogP contribution in [0.5, 0.6) is 5.75 Å². The van der Waals surface area contributed by atoms with Crippen molar-refractivity contribution in [2.24, 2.45) is 5.92 Å². The predicted octanol–water partition coefficient (Wildman–Crippen LogP) is 4.76. The van der Waals surface area contributed by atoms with Crippen LogP contribution in [0.2, 0.25) is 0 Å². The van der Waals surface area contributed by atoms with Crippen molar-refractivity contribution in [2.45, 2.75) is 97.4 Å². The zero-order valence-corrected chi connectivity index (χ0v) is 26.4. The number of nitrogens with one attached hydrogen (secondary N) is 2. The van der Waals surface area contributed by atoms with Gasteiger partial charge in [0.15, 0.2) is 0 Å². The highest BCUT2D eigenvalue weighted by Gasteiger charge is 2.33. The molecule has 0 aromatic heterocycles. The van der Waals surface area contributed by atoms with Crippen LogP contribution >= 0.6 is 0 Å². The van der Waals surface area contributed by atoms with Gasteiger partial charge in [-0.15, -0.1) is 0 Å². The number of ether oxygens (including phenoxy) is 2. The molecule has 2 atom stereocenters. The second-order valence-electron chi connectivity index (χ2n) is 12.3. The number of hydrogen-bond donors (Lipinski definition) is 2. The molecule has 1 saturated heterocycles. The van der Waals surface area contributed by atoms with E-state index in [9.17, 15) is 18.0 Å². The summed E-state index contributed by atoms with van der Waals surface area (Å²) in [6.45, 7) is 10.4. The molecule has 3 rings (SSSR count). The highest BCUT2D eigenvalue weighted by atomic mass is 32.2. The van der Waals surface area contributed by atoms with Crippen molar-refractivity contribution in [2.75, 3.05) is 13.1 Å². The Hall–Kier alpha value is -2.95. The van der Waals surface area contributed by atoms with Gasteiger partial charge in [-0.1, -0.05) is 69.2 Å². The zero-order chi connectivity index (χ0) is 30.8. The summed E-state index contributed by atoms with van der Waals surface area (Å²) in [6, 6.07) is 15.1. The number of rotatable bonds is 13. The summed E-state index contributed by atoms with van der Waals surface area (Å²) in [7, 11) is -3.88. The van der Waals surface area contributed by atoms with Gasteiger partial charge in [0.25, 0.3) is 10.2 Å². The summed E-state index contributed by atoms with van der Waals surface area (Å²) < 4.78 is 42.0. The Bertz CT molecular complexity index is 1240. The molecule has 2 aromatic rings. The van der Waals surface area contributed by atoms with Crippen LogP contribution < -0.4 is 14.8 Å². The van der Waals surface area contributed by atoms with Gasteiger partial charge in [-0.3, -0.25) is 4.79 Å². The lowest BCUT2D eigenvalue weighted by atomic mass is 10.0. The number of carbonyl (C=O) groups excluding carboxylic acids is 2. The van der Waals surface area contributed by atoms with Crippen molar-refractivity contribution in [3.8, 4) is 5.75 Å². The average molecular weight is 602 g/mol. The lowest BCUT2D eigenvalue weighted by Crippen LogP contribution is -2.55. The molecule has 1 aliphatic rings. The van der Waals surface area contributed by atoms with E-state index in [1.165, 1.54) is 4.31 Å². The third kappa shape index (κ3) is 11.4. The highest BCUT2D eigenvalue weighted by Crippen LogP contribution is 2.18. The van der Waals surface area contributed by atoms with Gasteiger partial charge in [0.2, 0.25) is 5.91 Å². The third-order valence-corrected chi connectivity index (χ3v) is 8.47. The van der Waals surface area contributed by atoms with E-state index < -0.39 is 39.8 Å². The Kier molecular flexibility index (Phi) is 12.4. The van der Waals surface area contributed by atoms with Crippen molar-refractivity contribution in [3.05, 3.63) is 65.7 Å². The number of carbonyl (C=O) groups is 2. The van der Waals surface area contributed by atoms with Gasteiger partial charge in [0.05, 0.1) is 0 Å². The molecule has 1 aliphatic heterocycles. The Morgan fingerprint density at radius 1 is 0.881 bits per heavy atom. The maximum absolute atomic E-state index is 13.6. The van der Waals surface area contributed by atoms with Crippen LogP contribution in [-0.4, -0.2) is 55.4 Å². The second-order valence-corrected chi connectivity index (χ2v) is 14.0. The SMILES string of the molecule is CC(C)C[C@H](NS(=O)(=O)N1CCCCCC1)C(=O)N[C@@H](Cc1ccc(OCc2ccccc2)cc1)C(=O)OC(C)(C)C. The molecule has 9 nitrogen and oxygen atoms in total. The fourth-order valence-corrected chi connectivity index (χ4v) is 6.20. The highest BCUT2D eigenvalue weighted by molar-refractivity contribution is 7.87. The first-order valence-electron chi connectivity index (χ1n) is 14.9. The average Bonchev–Trinajstić information content (AvgIpc) is 3.22. The summed E-state index contributed by atoms with van der Waals surface area (Å²) in [4.78, 5) is 26.8. The van der Waals surface area contributed by atoms with Gasteiger partial charge in [-0.05, 0) is 69.2 Å². The normalized spacial score (nSPS) is 16.3. The fraction of sp³-hybridized carbons (Fsp3) is 0.562. The molecule has 0 spiro atoms. The second kappa shape index (κ2) is 15.5. The number of esters is 1. The van der Waals surface area contributed by atoms with Crippen LogP contribution in [0, 0.1) is 5.92 Å². The van der Waals surface area contributed by atoms with E-state index in [2.05, 4.69) is 10.0 Å². The first-order valence-corrected chi connectivity index (χ1v) is 16.3. The Morgan fingerprint density at radius 3 is 2.07 bits per heavy atom. The van der Waals surface area contributed by atoms with Crippen LogP contribution in [0.15, 0.2) is 54.6 Å². The number of amides is 1. The molecule has 42 heavy (non-hydrogen) atoms. The largest absolute Gasteiger partial charge is 0.489 e. The van der Waals surface area contributed by atoms with E-state index >= 15 is 0 Å². The van der Waals surface area contributed by atoms with Gasteiger partial charge in [0.1, 0.15) is 30.0 Å². The topological polar surface area (TPSA) is 114 Å². The van der Waals surface area contributed by atoms with Crippen molar-refractivity contribution in [3.63, 3.8) is 0 Å². The minimum absolute atomic E-state index is 0.0380. The van der Waals surface area contributed by atoms with Gasteiger partial charge in [-0.2, -0.15) is 17.4 Å². The minimum Gasteiger partial charge on any atom is -0.489 e. The smallest absolute Gasteiger partial charge is 0.329 e. The molecule has 0 radical (unpaired) electrons. The van der Waals surface area contributed by atoms with Gasteiger partial charge < -0.3 is 14.8 Å². The first-order chi connectivity index (χ1) is 19.8. The van der Waals surface area contributed by atoms with Crippen LogP contribution in [0.25, 0.3) is 0 Å². The number of hydrogen-bond acceptors (Lipinski definition) is 6. The quantitative estimate of drug-likeness (QED) is 0.320. The van der Waals surface area contributed by atoms with Gasteiger partial charge >= 0.3 is 5.97 Å². The minimum atomic E-state index is -3.88. The van der Waals surface area contributed by atoms with E-state index in [-0.39, 0.29) is 18.8 Å². The van der Waals surface area contributed by atoms with Gasteiger partial charge in [-0.25, -0.2) is 4.79 Å². The molecule has 2 aromatic carbocycles. The molecule has 1 amide bonds. The molecule has 0 unspecified atom stereocenters. The van der Waals surface area contributed by atoms with E-state index in [0.29, 0.717) is 25.4 Å². The van der Waals surface area contributed by atoms with Gasteiger partial charge in [0, 0.05) is 19.5 Å². The van der Waals surface area contributed by atoms with E-state index in [1.807, 2.05) is 68.4 Å². The summed E-state index contributed by atoms with van der Waals surface area (Å²) in [5.41, 5.74) is 1.08. The van der Waals surface area contributed by atoms with Crippen LogP contribution in [-0.2, 0) is 37.6 Å². The Labute approximate surface area is 251 Å². The predicted molar refractivity (Wildman–Crippen MR) is 164 cm³/mol. The van der Waals surface area contributed by atoms with E-state index in [0.717, 1.165) is 36.8 Å². The van der Waals surface area contributed by atoms with Crippen molar-refractivity contribution in [1.82, 2.24) is 14.3 Å². The molecule has 2 N–H and O–H groups in total. The zero-order valence-electron chi connectivity index (χ0n) is 25.6. The fourth-order valence-electron chi connectivity index (χ4n) is 4.75. The van der Waals surface area contributed by atoms with Crippen LogP contribution in [0.1, 0.15) is 77.8 Å². The summed E-state index contributed by atoms with van der Waals surface area (Å²) in [5.74, 6) is -0.420. The van der Waals surface area contributed by atoms with Crippen molar-refractivity contribution < 1.29 is 27.5 Å². The van der Waals surface area contributed by atoms with E-state index in [1.54, 1.807) is 20.8 Å². The maximum Gasteiger partial charge on any atom is 0.329 e. The lowest BCUT2D eigenvalue weighted by Gasteiger charge is -2.28. The molecule has 232 valence electrons. The van der Waals surface area contributed by atoms with Crippen LogP contribution in [0.4, 0.5) is 0 Å². The molecule has 1 heterocycles. The molecule has 0 aliphatic carbocycles. The van der Waals surface area contributed by atoms with E-state index in [4.69, 9.17) is 9.47 Å². The van der Waals surface area contributed by atoms with Crippen molar-refractivity contribution in [1.29, 1.82) is 0 Å². The number of benzene rings is 2. The lowest BCUT2D eigenvalue weighted by molar-refractivity contribution is -0.158. The van der Waals surface area contributed by atoms with Crippen LogP contribution in [0.3, 0.4) is 0 Å².